The van der Waals surface area contributed by atoms with Crippen LogP contribution >= 0.6 is 15.9 Å². The number of benzene rings is 1. The number of alkyl halides is 1. The molecule has 3 nitrogen and oxygen atoms in total. The van der Waals surface area contributed by atoms with Crippen molar-refractivity contribution >= 4 is 15.9 Å². The fraction of sp³-hybridized carbons (Fsp3) is 0.571. The number of ether oxygens (including phenoxy) is 3. The fourth-order valence-corrected chi connectivity index (χ4v) is 1.81. The van der Waals surface area contributed by atoms with Gasteiger partial charge >= 0.3 is 0 Å². The molecule has 4 heteroatoms. The first-order valence-electron chi connectivity index (χ1n) is 6.23. The van der Waals surface area contributed by atoms with Gasteiger partial charge in [-0.1, -0.05) is 22.0 Å². The second-order valence-corrected chi connectivity index (χ2v) is 4.68. The van der Waals surface area contributed by atoms with Crippen molar-refractivity contribution in [2.45, 2.75) is 32.2 Å². The lowest BCUT2D eigenvalue weighted by molar-refractivity contribution is 0.0545. The van der Waals surface area contributed by atoms with Crippen LogP contribution in [0.3, 0.4) is 0 Å². The van der Waals surface area contributed by atoms with Gasteiger partial charge in [0.15, 0.2) is 11.5 Å². The van der Waals surface area contributed by atoms with Gasteiger partial charge in [-0.2, -0.15) is 0 Å². The molecule has 1 rings (SSSR count). The molecule has 0 saturated heterocycles. The molecule has 0 amide bonds. The van der Waals surface area contributed by atoms with Crippen molar-refractivity contribution in [1.29, 1.82) is 0 Å². The largest absolute Gasteiger partial charge is 0.490 e. The van der Waals surface area contributed by atoms with Crippen LogP contribution in [-0.2, 0) is 10.1 Å². The van der Waals surface area contributed by atoms with Crippen LogP contribution in [0.25, 0.3) is 0 Å². The van der Waals surface area contributed by atoms with Crippen molar-refractivity contribution in [3.63, 3.8) is 0 Å². The monoisotopic (exact) mass is 316 g/mol. The van der Waals surface area contributed by atoms with E-state index in [1.807, 2.05) is 39.0 Å². The van der Waals surface area contributed by atoms with Crippen LogP contribution in [0.2, 0.25) is 0 Å². The molecule has 102 valence electrons. The second-order valence-electron chi connectivity index (χ2n) is 4.12. The molecular weight excluding hydrogens is 296 g/mol. The first kappa shape index (κ1) is 15.3. The van der Waals surface area contributed by atoms with E-state index >= 15 is 0 Å². The minimum absolute atomic E-state index is 0.232. The molecule has 0 aromatic heterocycles. The van der Waals surface area contributed by atoms with E-state index in [0.717, 1.165) is 16.8 Å². The summed E-state index contributed by atoms with van der Waals surface area (Å²) in [6.07, 6.45) is 0.232. The highest BCUT2D eigenvalue weighted by Gasteiger charge is 2.06. The molecule has 1 aromatic rings. The van der Waals surface area contributed by atoms with E-state index in [9.17, 15) is 0 Å². The Morgan fingerprint density at radius 2 is 1.89 bits per heavy atom. The zero-order valence-corrected chi connectivity index (χ0v) is 12.8. The third-order valence-corrected chi connectivity index (χ3v) is 2.90. The van der Waals surface area contributed by atoms with Gasteiger partial charge in [0, 0.05) is 5.33 Å². The van der Waals surface area contributed by atoms with Crippen LogP contribution < -0.4 is 9.47 Å². The van der Waals surface area contributed by atoms with Crippen LogP contribution in [0.5, 0.6) is 11.5 Å². The van der Waals surface area contributed by atoms with Gasteiger partial charge < -0.3 is 14.2 Å². The Bertz CT molecular complexity index is 353. The maximum Gasteiger partial charge on any atom is 0.161 e. The molecule has 18 heavy (non-hydrogen) atoms. The van der Waals surface area contributed by atoms with Crippen molar-refractivity contribution in [2.75, 3.05) is 19.8 Å². The summed E-state index contributed by atoms with van der Waals surface area (Å²) in [4.78, 5) is 0. The zero-order chi connectivity index (χ0) is 13.4. The van der Waals surface area contributed by atoms with E-state index < -0.39 is 0 Å². The minimum Gasteiger partial charge on any atom is -0.490 e. The van der Waals surface area contributed by atoms with E-state index in [0.29, 0.717) is 19.8 Å². The van der Waals surface area contributed by atoms with E-state index in [1.54, 1.807) is 0 Å². The number of hydrogen-bond acceptors (Lipinski definition) is 3. The first-order chi connectivity index (χ1) is 8.67. The maximum absolute atomic E-state index is 5.67. The molecule has 0 fully saturated rings. The smallest absolute Gasteiger partial charge is 0.161 e. The van der Waals surface area contributed by atoms with Gasteiger partial charge in [-0.3, -0.25) is 0 Å². The van der Waals surface area contributed by atoms with E-state index in [1.165, 1.54) is 5.56 Å². The Morgan fingerprint density at radius 3 is 2.50 bits per heavy atom. The highest BCUT2D eigenvalue weighted by molar-refractivity contribution is 9.08. The van der Waals surface area contributed by atoms with E-state index in [4.69, 9.17) is 14.2 Å². The van der Waals surface area contributed by atoms with Crippen LogP contribution in [0.1, 0.15) is 26.3 Å². The maximum atomic E-state index is 5.67. The lowest BCUT2D eigenvalue weighted by atomic mass is 10.2. The molecule has 0 aliphatic rings. The summed E-state index contributed by atoms with van der Waals surface area (Å²) in [5.74, 6) is 1.56. The van der Waals surface area contributed by atoms with E-state index in [-0.39, 0.29) is 6.10 Å². The van der Waals surface area contributed by atoms with Crippen LogP contribution in [-0.4, -0.2) is 25.9 Å². The van der Waals surface area contributed by atoms with Gasteiger partial charge in [0.25, 0.3) is 0 Å². The van der Waals surface area contributed by atoms with Crippen molar-refractivity contribution in [1.82, 2.24) is 0 Å². The highest BCUT2D eigenvalue weighted by atomic mass is 79.9. The quantitative estimate of drug-likeness (QED) is 0.539. The van der Waals surface area contributed by atoms with Crippen LogP contribution in [0.15, 0.2) is 18.2 Å². The zero-order valence-electron chi connectivity index (χ0n) is 11.2. The summed E-state index contributed by atoms with van der Waals surface area (Å²) in [7, 11) is 0. The van der Waals surface area contributed by atoms with Gasteiger partial charge in [0.2, 0.25) is 0 Å². The SMILES string of the molecule is CCOc1cc(CBr)ccc1OCCOC(C)C. The fourth-order valence-electron chi connectivity index (χ4n) is 1.46. The summed E-state index contributed by atoms with van der Waals surface area (Å²) in [6, 6.07) is 5.96. The summed E-state index contributed by atoms with van der Waals surface area (Å²) in [5.41, 5.74) is 1.17. The number of rotatable bonds is 8. The van der Waals surface area contributed by atoms with Crippen molar-refractivity contribution < 1.29 is 14.2 Å². The molecule has 0 unspecified atom stereocenters. The van der Waals surface area contributed by atoms with E-state index in [2.05, 4.69) is 15.9 Å². The van der Waals surface area contributed by atoms with Gasteiger partial charge in [0.05, 0.1) is 19.3 Å². The lowest BCUT2D eigenvalue weighted by Gasteiger charge is -2.13. The third-order valence-electron chi connectivity index (χ3n) is 2.25. The molecule has 0 aliphatic carbocycles. The Kier molecular flexibility index (Phi) is 7.13. The predicted molar refractivity (Wildman–Crippen MR) is 76.8 cm³/mol. The van der Waals surface area contributed by atoms with Gasteiger partial charge in [-0.05, 0) is 38.5 Å². The molecule has 0 radical (unpaired) electrons. The summed E-state index contributed by atoms with van der Waals surface area (Å²) >= 11 is 3.43. The molecule has 0 saturated carbocycles. The standard InChI is InChI=1S/C14H21BrO3/c1-4-16-14-9-12(10-15)5-6-13(14)18-8-7-17-11(2)3/h5-6,9,11H,4,7-8,10H2,1-3H3. The Labute approximate surface area is 118 Å². The number of hydrogen-bond donors (Lipinski definition) is 0. The van der Waals surface area contributed by atoms with Crippen molar-refractivity contribution in [2.24, 2.45) is 0 Å². The van der Waals surface area contributed by atoms with Gasteiger partial charge in [-0.15, -0.1) is 0 Å². The Morgan fingerprint density at radius 1 is 1.11 bits per heavy atom. The normalized spacial score (nSPS) is 10.7. The number of halogens is 1. The highest BCUT2D eigenvalue weighted by Crippen LogP contribution is 2.29. The average Bonchev–Trinajstić information content (AvgIpc) is 2.36. The van der Waals surface area contributed by atoms with Crippen LogP contribution in [0.4, 0.5) is 0 Å². The lowest BCUT2D eigenvalue weighted by Crippen LogP contribution is -2.11. The predicted octanol–water partition coefficient (Wildman–Crippen LogP) is 3.78. The molecule has 0 heterocycles. The molecule has 0 N–H and O–H groups in total. The third kappa shape index (κ3) is 5.27. The Balaban J connectivity index is 2.57. The summed E-state index contributed by atoms with van der Waals surface area (Å²) in [6.45, 7) is 7.74. The molecule has 0 bridgehead atoms. The second kappa shape index (κ2) is 8.38. The molecule has 0 aliphatic heterocycles. The van der Waals surface area contributed by atoms with Gasteiger partial charge in [0.1, 0.15) is 6.61 Å². The molecule has 0 spiro atoms. The summed E-state index contributed by atoms with van der Waals surface area (Å²) in [5, 5.41) is 0.809. The molecule has 0 atom stereocenters. The molecule has 1 aromatic carbocycles. The van der Waals surface area contributed by atoms with Crippen molar-refractivity contribution in [3.05, 3.63) is 23.8 Å². The topological polar surface area (TPSA) is 27.7 Å². The minimum atomic E-state index is 0.232. The first-order valence-corrected chi connectivity index (χ1v) is 7.35. The van der Waals surface area contributed by atoms with Crippen molar-refractivity contribution in [3.8, 4) is 11.5 Å². The molecular formula is C14H21BrO3. The van der Waals surface area contributed by atoms with Gasteiger partial charge in [-0.25, -0.2) is 0 Å². The average molecular weight is 317 g/mol. The summed E-state index contributed by atoms with van der Waals surface area (Å²) < 4.78 is 16.7. The Hall–Kier alpha value is -0.740. The van der Waals surface area contributed by atoms with Crippen LogP contribution in [0, 0.1) is 0 Å².